The van der Waals surface area contributed by atoms with Gasteiger partial charge < -0.3 is 15.8 Å². The van der Waals surface area contributed by atoms with Crippen LogP contribution in [0.25, 0.3) is 0 Å². The van der Waals surface area contributed by atoms with Gasteiger partial charge in [-0.3, -0.25) is 4.79 Å². The van der Waals surface area contributed by atoms with Crippen molar-refractivity contribution in [2.75, 3.05) is 13.1 Å². The predicted molar refractivity (Wildman–Crippen MR) is 73.1 cm³/mol. The first kappa shape index (κ1) is 14.9. The van der Waals surface area contributed by atoms with Crippen molar-refractivity contribution >= 4 is 11.7 Å². The van der Waals surface area contributed by atoms with Gasteiger partial charge in [-0.05, 0) is 26.0 Å². The van der Waals surface area contributed by atoms with Crippen molar-refractivity contribution in [1.29, 1.82) is 0 Å². The second-order valence-electron chi connectivity index (χ2n) is 4.43. The molecule has 1 atom stereocenters. The fourth-order valence-corrected chi connectivity index (χ4v) is 1.70. The number of amides is 1. The number of nitrogens with two attached hydrogens (primary N) is 1. The average Bonchev–Trinajstić information content (AvgIpc) is 2.42. The Kier molecular flexibility index (Phi) is 5.29. The van der Waals surface area contributed by atoms with Crippen LogP contribution in [0.3, 0.4) is 0 Å². The number of rotatable bonds is 5. The third-order valence-electron chi connectivity index (χ3n) is 2.89. The lowest BCUT2D eigenvalue weighted by atomic mass is 10.1. The minimum absolute atomic E-state index is 0.114. The Morgan fingerprint density at radius 3 is 2.79 bits per heavy atom. The molecule has 0 aliphatic carbocycles. The maximum absolute atomic E-state index is 12.3. The minimum atomic E-state index is -0.210. The van der Waals surface area contributed by atoms with E-state index in [0.717, 1.165) is 5.69 Å². The Labute approximate surface area is 112 Å². The van der Waals surface area contributed by atoms with Crippen LogP contribution in [0.5, 0.6) is 0 Å². The summed E-state index contributed by atoms with van der Waals surface area (Å²) in [4.78, 5) is 18.1. The van der Waals surface area contributed by atoms with E-state index in [1.165, 1.54) is 0 Å². The summed E-state index contributed by atoms with van der Waals surface area (Å²) in [6.07, 6.45) is 0. The van der Waals surface area contributed by atoms with Gasteiger partial charge in [0.15, 0.2) is 0 Å². The number of carbonyl (C=O) groups excluding carboxylic acids is 1. The topological polar surface area (TPSA) is 91.8 Å². The number of aryl methyl sites for hydroxylation is 1. The van der Waals surface area contributed by atoms with E-state index in [4.69, 9.17) is 10.9 Å². The normalized spacial score (nSPS) is 13.1. The van der Waals surface area contributed by atoms with Gasteiger partial charge in [0, 0.05) is 24.7 Å². The van der Waals surface area contributed by atoms with Crippen LogP contribution >= 0.6 is 0 Å². The summed E-state index contributed by atoms with van der Waals surface area (Å²) in [5, 5.41) is 11.6. The van der Waals surface area contributed by atoms with E-state index >= 15 is 0 Å². The summed E-state index contributed by atoms with van der Waals surface area (Å²) < 4.78 is 0. The molecule has 0 saturated carbocycles. The first-order valence-corrected chi connectivity index (χ1v) is 6.20. The van der Waals surface area contributed by atoms with Crippen LogP contribution in [-0.2, 0) is 0 Å². The first-order valence-electron chi connectivity index (χ1n) is 6.20. The van der Waals surface area contributed by atoms with Gasteiger partial charge in [0.1, 0.15) is 11.5 Å². The summed E-state index contributed by atoms with van der Waals surface area (Å²) in [5.41, 5.74) is 6.74. The zero-order valence-corrected chi connectivity index (χ0v) is 11.5. The van der Waals surface area contributed by atoms with Crippen molar-refractivity contribution < 1.29 is 10.0 Å². The number of hydrogen-bond donors (Lipinski definition) is 2. The number of amidine groups is 1. The molecule has 1 rings (SSSR count). The molecule has 1 amide bonds. The fourth-order valence-electron chi connectivity index (χ4n) is 1.70. The highest BCUT2D eigenvalue weighted by molar-refractivity contribution is 5.92. The van der Waals surface area contributed by atoms with E-state index in [1.54, 1.807) is 24.0 Å². The summed E-state index contributed by atoms with van der Waals surface area (Å²) in [6, 6.07) is 5.33. The zero-order valence-electron chi connectivity index (χ0n) is 11.5. The lowest BCUT2D eigenvalue weighted by molar-refractivity contribution is 0.0747. The Balaban J connectivity index is 2.83. The van der Waals surface area contributed by atoms with Gasteiger partial charge in [0.05, 0.1) is 0 Å². The highest BCUT2D eigenvalue weighted by Crippen LogP contribution is 2.07. The molecule has 6 nitrogen and oxygen atoms in total. The second kappa shape index (κ2) is 6.72. The second-order valence-corrected chi connectivity index (χ2v) is 4.43. The molecule has 0 bridgehead atoms. The molecular weight excluding hydrogens is 244 g/mol. The lowest BCUT2D eigenvalue weighted by Crippen LogP contribution is -2.39. The van der Waals surface area contributed by atoms with Gasteiger partial charge in [-0.2, -0.15) is 0 Å². The molecule has 0 aromatic carbocycles. The Morgan fingerprint density at radius 2 is 2.26 bits per heavy atom. The maximum atomic E-state index is 12.3. The Morgan fingerprint density at radius 1 is 1.58 bits per heavy atom. The Hall–Kier alpha value is -2.11. The molecule has 0 aliphatic rings. The molecule has 6 heteroatoms. The summed E-state index contributed by atoms with van der Waals surface area (Å²) in [7, 11) is 0. The van der Waals surface area contributed by atoms with E-state index < -0.39 is 0 Å². The highest BCUT2D eigenvalue weighted by Gasteiger charge is 2.19. The van der Waals surface area contributed by atoms with E-state index in [2.05, 4.69) is 10.1 Å². The van der Waals surface area contributed by atoms with Crippen molar-refractivity contribution in [3.05, 3.63) is 29.6 Å². The van der Waals surface area contributed by atoms with Crippen LogP contribution in [0.4, 0.5) is 0 Å². The maximum Gasteiger partial charge on any atom is 0.272 e. The number of aromatic nitrogens is 1. The third-order valence-corrected chi connectivity index (χ3v) is 2.89. The number of carbonyl (C=O) groups is 1. The minimum Gasteiger partial charge on any atom is -0.409 e. The van der Waals surface area contributed by atoms with E-state index in [9.17, 15) is 4.79 Å². The third kappa shape index (κ3) is 3.94. The first-order chi connectivity index (χ1) is 8.99. The van der Waals surface area contributed by atoms with Gasteiger partial charge >= 0.3 is 0 Å². The predicted octanol–water partition coefficient (Wildman–Crippen LogP) is 1.23. The van der Waals surface area contributed by atoms with Crippen LogP contribution < -0.4 is 5.73 Å². The molecule has 1 aromatic rings. The van der Waals surface area contributed by atoms with Crippen molar-refractivity contribution in [3.63, 3.8) is 0 Å². The summed E-state index contributed by atoms with van der Waals surface area (Å²) in [6.45, 7) is 6.45. The standard InChI is InChI=1S/C13H20N4O2/c1-4-17(8-9(2)12(14)16-19)13(18)11-7-5-6-10(3)15-11/h5-7,9,19H,4,8H2,1-3H3,(H2,14,16). The summed E-state index contributed by atoms with van der Waals surface area (Å²) in [5.74, 6) is -0.244. The molecule has 0 saturated heterocycles. The smallest absolute Gasteiger partial charge is 0.272 e. The van der Waals surface area contributed by atoms with E-state index in [0.29, 0.717) is 18.8 Å². The van der Waals surface area contributed by atoms with Crippen molar-refractivity contribution in [2.45, 2.75) is 20.8 Å². The van der Waals surface area contributed by atoms with Crippen LogP contribution in [-0.4, -0.2) is 39.9 Å². The monoisotopic (exact) mass is 264 g/mol. The SMILES string of the molecule is CCN(CC(C)C(N)=NO)C(=O)c1cccc(C)n1. The molecule has 1 unspecified atom stereocenters. The molecular formula is C13H20N4O2. The van der Waals surface area contributed by atoms with Gasteiger partial charge in [-0.15, -0.1) is 0 Å². The fraction of sp³-hybridized carbons (Fsp3) is 0.462. The van der Waals surface area contributed by atoms with E-state index in [-0.39, 0.29) is 17.7 Å². The molecule has 19 heavy (non-hydrogen) atoms. The van der Waals surface area contributed by atoms with Gasteiger partial charge in [0.25, 0.3) is 5.91 Å². The largest absolute Gasteiger partial charge is 0.409 e. The lowest BCUT2D eigenvalue weighted by Gasteiger charge is -2.23. The molecule has 1 aromatic heterocycles. The number of hydrogen-bond acceptors (Lipinski definition) is 4. The molecule has 0 fully saturated rings. The van der Waals surface area contributed by atoms with Crippen molar-refractivity contribution in [2.24, 2.45) is 16.8 Å². The molecule has 1 heterocycles. The average molecular weight is 264 g/mol. The molecule has 104 valence electrons. The van der Waals surface area contributed by atoms with Crippen molar-refractivity contribution in [3.8, 4) is 0 Å². The molecule has 3 N–H and O–H groups in total. The molecule has 0 radical (unpaired) electrons. The van der Waals surface area contributed by atoms with E-state index in [1.807, 2.05) is 19.9 Å². The zero-order chi connectivity index (χ0) is 14.4. The highest BCUT2D eigenvalue weighted by atomic mass is 16.4. The van der Waals surface area contributed by atoms with Gasteiger partial charge in [-0.1, -0.05) is 18.1 Å². The molecule has 0 spiro atoms. The van der Waals surface area contributed by atoms with Crippen LogP contribution in [0.2, 0.25) is 0 Å². The van der Waals surface area contributed by atoms with Gasteiger partial charge in [-0.25, -0.2) is 4.98 Å². The summed E-state index contributed by atoms with van der Waals surface area (Å²) >= 11 is 0. The van der Waals surface area contributed by atoms with Crippen LogP contribution in [0, 0.1) is 12.8 Å². The quantitative estimate of drug-likeness (QED) is 0.362. The van der Waals surface area contributed by atoms with Crippen LogP contribution in [0.15, 0.2) is 23.4 Å². The molecule has 0 aliphatic heterocycles. The number of pyridine rings is 1. The van der Waals surface area contributed by atoms with Crippen LogP contribution in [0.1, 0.15) is 30.0 Å². The van der Waals surface area contributed by atoms with Gasteiger partial charge in [0.2, 0.25) is 0 Å². The Bertz CT molecular complexity index is 473. The number of nitrogens with zero attached hydrogens (tertiary/aromatic N) is 3. The van der Waals surface area contributed by atoms with Crippen molar-refractivity contribution in [1.82, 2.24) is 9.88 Å². The number of oxime groups is 1.